The second-order valence-corrected chi connectivity index (χ2v) is 8.49. The number of anilines is 1. The van der Waals surface area contributed by atoms with Crippen molar-refractivity contribution in [2.75, 3.05) is 18.4 Å². The van der Waals surface area contributed by atoms with Crippen LogP contribution in [0.2, 0.25) is 0 Å². The van der Waals surface area contributed by atoms with Gasteiger partial charge in [0.25, 0.3) is 0 Å². The van der Waals surface area contributed by atoms with E-state index in [2.05, 4.69) is 46.1 Å². The molecule has 0 aliphatic carbocycles. The first kappa shape index (κ1) is 23.2. The summed E-state index contributed by atoms with van der Waals surface area (Å²) >= 11 is 0. The lowest BCUT2D eigenvalue weighted by Crippen LogP contribution is -2.37. The Kier molecular flexibility index (Phi) is 8.83. The molecule has 1 unspecified atom stereocenters. The van der Waals surface area contributed by atoms with Crippen molar-refractivity contribution in [2.24, 2.45) is 0 Å². The Morgan fingerprint density at radius 3 is 2.77 bits per heavy atom. The van der Waals surface area contributed by atoms with Gasteiger partial charge in [-0.05, 0) is 64.3 Å². The zero-order chi connectivity index (χ0) is 22.1. The van der Waals surface area contributed by atoms with Crippen molar-refractivity contribution in [3.63, 3.8) is 0 Å². The highest BCUT2D eigenvalue weighted by Crippen LogP contribution is 2.17. The Balaban J connectivity index is 0.000000210. The Labute approximate surface area is 187 Å². The lowest BCUT2D eigenvalue weighted by atomic mass is 10.0. The van der Waals surface area contributed by atoms with E-state index >= 15 is 0 Å². The fourth-order valence-corrected chi connectivity index (χ4v) is 4.05. The van der Waals surface area contributed by atoms with Gasteiger partial charge in [0.15, 0.2) is 5.65 Å². The van der Waals surface area contributed by atoms with Crippen molar-refractivity contribution >= 4 is 11.5 Å². The average Bonchev–Trinajstić information content (AvgIpc) is 3.21. The maximum Gasteiger partial charge on any atom is 0.160 e. The highest BCUT2D eigenvalue weighted by atomic mass is 15.3. The van der Waals surface area contributed by atoms with E-state index in [0.29, 0.717) is 6.54 Å². The topological polar surface area (TPSA) is 58.4 Å². The molecule has 4 heterocycles. The molecule has 1 fully saturated rings. The Morgan fingerprint density at radius 2 is 2.06 bits per heavy atom. The molecular weight excluding hydrogens is 384 g/mol. The van der Waals surface area contributed by atoms with E-state index in [-0.39, 0.29) is 0 Å². The predicted molar refractivity (Wildman–Crippen MR) is 128 cm³/mol. The fraction of sp³-hybridized carbons (Fsp3) is 0.560. The van der Waals surface area contributed by atoms with Crippen molar-refractivity contribution in [3.05, 3.63) is 53.6 Å². The number of piperidine rings is 1. The highest BCUT2D eigenvalue weighted by molar-refractivity contribution is 5.54. The van der Waals surface area contributed by atoms with Gasteiger partial charge < -0.3 is 10.2 Å². The molecule has 1 aliphatic heterocycles. The summed E-state index contributed by atoms with van der Waals surface area (Å²) in [7, 11) is 0. The zero-order valence-corrected chi connectivity index (χ0v) is 19.6. The monoisotopic (exact) mass is 422 g/mol. The van der Waals surface area contributed by atoms with Crippen molar-refractivity contribution < 1.29 is 0 Å². The summed E-state index contributed by atoms with van der Waals surface area (Å²) in [5.74, 6) is 0.955. The molecule has 0 radical (unpaired) electrons. The smallest absolute Gasteiger partial charge is 0.160 e. The van der Waals surface area contributed by atoms with Crippen LogP contribution >= 0.6 is 0 Å². The number of aryl methyl sites for hydroxylation is 2. The largest absolute Gasteiger partial charge is 0.366 e. The summed E-state index contributed by atoms with van der Waals surface area (Å²) in [6.45, 7) is 12.2. The van der Waals surface area contributed by atoms with Gasteiger partial charge in [-0.1, -0.05) is 32.8 Å². The summed E-state index contributed by atoms with van der Waals surface area (Å²) in [6.07, 6.45) is 13.5. The summed E-state index contributed by atoms with van der Waals surface area (Å²) in [5.41, 5.74) is 4.22. The molecule has 3 aromatic rings. The van der Waals surface area contributed by atoms with Gasteiger partial charge in [0.1, 0.15) is 5.82 Å². The van der Waals surface area contributed by atoms with Crippen LogP contribution in [0.3, 0.4) is 0 Å². The van der Waals surface area contributed by atoms with Crippen LogP contribution < -0.4 is 5.32 Å². The van der Waals surface area contributed by atoms with Crippen molar-refractivity contribution in [1.29, 1.82) is 0 Å². The van der Waals surface area contributed by atoms with Crippen LogP contribution in [0.1, 0.15) is 69.7 Å². The maximum atomic E-state index is 4.57. The molecule has 31 heavy (non-hydrogen) atoms. The molecule has 6 heteroatoms. The van der Waals surface area contributed by atoms with E-state index in [1.54, 1.807) is 6.20 Å². The van der Waals surface area contributed by atoms with Crippen molar-refractivity contribution in [3.8, 4) is 0 Å². The van der Waals surface area contributed by atoms with E-state index < -0.39 is 0 Å². The molecule has 3 aromatic heterocycles. The molecule has 1 atom stereocenters. The normalized spacial score (nSPS) is 16.7. The van der Waals surface area contributed by atoms with Crippen LogP contribution in [-0.4, -0.2) is 43.6 Å². The quantitative estimate of drug-likeness (QED) is 0.562. The summed E-state index contributed by atoms with van der Waals surface area (Å²) in [5, 5.41) is 7.82. The van der Waals surface area contributed by atoms with E-state index in [9.17, 15) is 0 Å². The minimum atomic E-state index is 0.716. The zero-order valence-electron chi connectivity index (χ0n) is 19.6. The van der Waals surface area contributed by atoms with Crippen LogP contribution in [0.25, 0.3) is 5.65 Å². The van der Waals surface area contributed by atoms with Gasteiger partial charge in [-0.3, -0.25) is 4.98 Å². The molecule has 0 amide bonds. The van der Waals surface area contributed by atoms with Crippen LogP contribution in [-0.2, 0) is 13.0 Å². The van der Waals surface area contributed by atoms with Crippen LogP contribution in [0, 0.1) is 6.92 Å². The number of aromatic nitrogens is 4. The van der Waals surface area contributed by atoms with E-state index in [1.807, 2.05) is 42.0 Å². The van der Waals surface area contributed by atoms with Gasteiger partial charge in [0.2, 0.25) is 0 Å². The minimum absolute atomic E-state index is 0.716. The molecule has 0 saturated carbocycles. The SMILES string of the molecule is CCCCN1CCCCC1C.CCc1cnn2c(NCc3cccnc3)cc(C)nc12. The first-order chi connectivity index (χ1) is 15.1. The number of rotatable bonds is 7. The standard InChI is InChI=1S/C15H17N5.C10H21N/c1-3-13-10-18-20-14(7-11(2)19-15(13)20)17-9-12-5-4-6-16-8-12;1-3-4-8-11-9-6-5-7-10(11)2/h4-8,10,17H,3,9H2,1-2H3;10H,3-9H2,1-2H3. The first-order valence-corrected chi connectivity index (χ1v) is 11.8. The number of nitrogens with zero attached hydrogens (tertiary/aromatic N) is 5. The van der Waals surface area contributed by atoms with Gasteiger partial charge in [0, 0.05) is 42.3 Å². The average molecular weight is 423 g/mol. The number of pyridine rings is 1. The third-order valence-corrected chi connectivity index (χ3v) is 5.99. The first-order valence-electron chi connectivity index (χ1n) is 11.8. The lowest BCUT2D eigenvalue weighted by molar-refractivity contribution is 0.158. The molecule has 0 bridgehead atoms. The molecule has 1 saturated heterocycles. The molecule has 4 rings (SSSR count). The van der Waals surface area contributed by atoms with Gasteiger partial charge in [-0.15, -0.1) is 0 Å². The molecule has 0 spiro atoms. The number of fused-ring (bicyclic) bond motifs is 1. The molecule has 1 N–H and O–H groups in total. The second kappa shape index (κ2) is 11.8. The molecule has 168 valence electrons. The Morgan fingerprint density at radius 1 is 1.19 bits per heavy atom. The number of hydrogen-bond acceptors (Lipinski definition) is 5. The Hall–Kier alpha value is -2.47. The molecule has 6 nitrogen and oxygen atoms in total. The van der Waals surface area contributed by atoms with Crippen LogP contribution in [0.5, 0.6) is 0 Å². The van der Waals surface area contributed by atoms with Crippen molar-refractivity contribution in [1.82, 2.24) is 24.5 Å². The number of unbranched alkanes of at least 4 members (excludes halogenated alkanes) is 1. The lowest BCUT2D eigenvalue weighted by Gasteiger charge is -2.33. The van der Waals surface area contributed by atoms with E-state index in [1.165, 1.54) is 45.2 Å². The van der Waals surface area contributed by atoms with Crippen molar-refractivity contribution in [2.45, 2.75) is 78.8 Å². The minimum Gasteiger partial charge on any atom is -0.366 e. The van der Waals surface area contributed by atoms with Crippen LogP contribution in [0.15, 0.2) is 36.8 Å². The highest BCUT2D eigenvalue weighted by Gasteiger charge is 2.16. The third kappa shape index (κ3) is 6.50. The summed E-state index contributed by atoms with van der Waals surface area (Å²) < 4.78 is 1.86. The van der Waals surface area contributed by atoms with Gasteiger partial charge in [0.05, 0.1) is 6.20 Å². The fourth-order valence-electron chi connectivity index (χ4n) is 4.05. The molecule has 1 aliphatic rings. The number of likely N-dealkylation sites (tertiary alicyclic amines) is 1. The maximum absolute atomic E-state index is 4.57. The number of hydrogen-bond donors (Lipinski definition) is 1. The van der Waals surface area contributed by atoms with Gasteiger partial charge in [-0.25, -0.2) is 4.98 Å². The van der Waals surface area contributed by atoms with E-state index in [4.69, 9.17) is 0 Å². The molecule has 0 aromatic carbocycles. The predicted octanol–water partition coefficient (Wildman–Crippen LogP) is 5.27. The second-order valence-electron chi connectivity index (χ2n) is 8.49. The Bertz CT molecular complexity index is 920. The van der Waals surface area contributed by atoms with Gasteiger partial charge in [-0.2, -0.15) is 9.61 Å². The van der Waals surface area contributed by atoms with Gasteiger partial charge >= 0.3 is 0 Å². The summed E-state index contributed by atoms with van der Waals surface area (Å²) in [6, 6.07) is 6.85. The third-order valence-electron chi connectivity index (χ3n) is 5.99. The molecular formula is C25H38N6. The summed E-state index contributed by atoms with van der Waals surface area (Å²) in [4.78, 5) is 11.3. The van der Waals surface area contributed by atoms with Crippen LogP contribution in [0.4, 0.5) is 5.82 Å². The number of nitrogens with one attached hydrogen (secondary N) is 1. The van der Waals surface area contributed by atoms with E-state index in [0.717, 1.165) is 40.7 Å².